The van der Waals surface area contributed by atoms with Crippen molar-refractivity contribution in [3.05, 3.63) is 78.0 Å². The molecular weight excluding hydrogens is 366 g/mol. The number of nitrogens with zero attached hydrogens (tertiary/aromatic N) is 2. The number of anilines is 2. The minimum absolute atomic E-state index is 0. The van der Waals surface area contributed by atoms with E-state index in [1.807, 2.05) is 6.07 Å². The molecule has 142 valence electrons. The first-order chi connectivity index (χ1) is 13.0. The number of para-hydroxylation sites is 1. The van der Waals surface area contributed by atoms with Crippen molar-refractivity contribution in [2.24, 2.45) is 7.05 Å². The molecule has 1 aromatic heterocycles. The maximum absolute atomic E-state index is 6.10. The Morgan fingerprint density at radius 3 is 2.25 bits per heavy atom. The largest absolute Gasteiger partial charge is 1.00 e. The summed E-state index contributed by atoms with van der Waals surface area (Å²) in [7, 11) is 6.21. The van der Waals surface area contributed by atoms with Gasteiger partial charge in [0.2, 0.25) is 11.2 Å². The van der Waals surface area contributed by atoms with Crippen molar-refractivity contribution >= 4 is 45.2 Å². The molecule has 0 unspecified atom stereocenters. The molecule has 0 fully saturated rings. The predicted molar refractivity (Wildman–Crippen MR) is 117 cm³/mol. The standard InChI is InChI=1S/C24H24N3.ClH/c1-26(2)19-12-8-17(9-13-19)10-15-24-22-16-18(25)11-14-20(22)21-6-4-5-7-23(21)27(24)3;/h4-16H,25H2,1-3H3;1H/q+1;/p-1. The molecule has 2 N–H and O–H groups in total. The van der Waals surface area contributed by atoms with Crippen molar-refractivity contribution in [1.82, 2.24) is 0 Å². The maximum atomic E-state index is 6.10. The summed E-state index contributed by atoms with van der Waals surface area (Å²) in [5, 5.41) is 3.63. The summed E-state index contributed by atoms with van der Waals surface area (Å²) in [4.78, 5) is 2.10. The molecule has 0 saturated heterocycles. The van der Waals surface area contributed by atoms with E-state index < -0.39 is 0 Å². The summed E-state index contributed by atoms with van der Waals surface area (Å²) >= 11 is 0. The molecule has 4 rings (SSSR count). The molecule has 0 atom stereocenters. The lowest BCUT2D eigenvalue weighted by molar-refractivity contribution is -0.645. The predicted octanol–water partition coefficient (Wildman–Crippen LogP) is 1.64. The van der Waals surface area contributed by atoms with Crippen LogP contribution in [0.1, 0.15) is 11.3 Å². The van der Waals surface area contributed by atoms with Gasteiger partial charge in [0, 0.05) is 43.0 Å². The normalized spacial score (nSPS) is 11.1. The summed E-state index contributed by atoms with van der Waals surface area (Å²) in [5.74, 6) is 0. The summed E-state index contributed by atoms with van der Waals surface area (Å²) in [5.41, 5.74) is 11.6. The van der Waals surface area contributed by atoms with Crippen molar-refractivity contribution in [2.45, 2.75) is 0 Å². The second kappa shape index (κ2) is 7.91. The van der Waals surface area contributed by atoms with Crippen LogP contribution < -0.4 is 27.6 Å². The second-order valence-electron chi connectivity index (χ2n) is 7.09. The minimum atomic E-state index is 0. The van der Waals surface area contributed by atoms with Crippen molar-refractivity contribution < 1.29 is 17.0 Å². The van der Waals surface area contributed by atoms with E-state index in [1.54, 1.807) is 0 Å². The van der Waals surface area contributed by atoms with Crippen LogP contribution >= 0.6 is 0 Å². The number of halogens is 1. The molecular formula is C24H24ClN3. The molecule has 0 radical (unpaired) electrons. The van der Waals surface area contributed by atoms with Gasteiger partial charge in [0.15, 0.2) is 0 Å². The third-order valence-corrected chi connectivity index (χ3v) is 5.08. The molecule has 0 saturated carbocycles. The smallest absolute Gasteiger partial charge is 0.213 e. The summed E-state index contributed by atoms with van der Waals surface area (Å²) in [6.45, 7) is 0. The van der Waals surface area contributed by atoms with E-state index in [-0.39, 0.29) is 12.4 Å². The van der Waals surface area contributed by atoms with Gasteiger partial charge in [0.05, 0.1) is 10.8 Å². The van der Waals surface area contributed by atoms with Crippen LogP contribution in [0.5, 0.6) is 0 Å². The van der Waals surface area contributed by atoms with E-state index in [0.717, 1.165) is 16.8 Å². The van der Waals surface area contributed by atoms with Gasteiger partial charge in [-0.05, 0) is 42.0 Å². The number of benzene rings is 3. The Morgan fingerprint density at radius 2 is 1.54 bits per heavy atom. The lowest BCUT2D eigenvalue weighted by Gasteiger charge is -2.11. The fourth-order valence-corrected chi connectivity index (χ4v) is 3.57. The van der Waals surface area contributed by atoms with Gasteiger partial charge < -0.3 is 23.0 Å². The van der Waals surface area contributed by atoms with Crippen LogP contribution in [-0.2, 0) is 7.05 Å². The van der Waals surface area contributed by atoms with E-state index in [2.05, 4.69) is 103 Å². The number of nitrogens with two attached hydrogens (primary N) is 1. The fourth-order valence-electron chi connectivity index (χ4n) is 3.57. The van der Waals surface area contributed by atoms with E-state index in [9.17, 15) is 0 Å². The zero-order chi connectivity index (χ0) is 19.0. The number of fused-ring (bicyclic) bond motifs is 3. The average molecular weight is 390 g/mol. The Labute approximate surface area is 172 Å². The lowest BCUT2D eigenvalue weighted by Crippen LogP contribution is -3.00. The van der Waals surface area contributed by atoms with E-state index in [1.165, 1.54) is 27.5 Å². The third kappa shape index (κ3) is 3.54. The van der Waals surface area contributed by atoms with Crippen molar-refractivity contribution in [3.8, 4) is 0 Å². The van der Waals surface area contributed by atoms with E-state index in [4.69, 9.17) is 5.73 Å². The quantitative estimate of drug-likeness (QED) is 0.328. The number of nitrogen functional groups attached to an aromatic ring is 1. The summed E-state index contributed by atoms with van der Waals surface area (Å²) in [6, 6.07) is 23.2. The summed E-state index contributed by atoms with van der Waals surface area (Å²) in [6.07, 6.45) is 4.34. The van der Waals surface area contributed by atoms with Crippen molar-refractivity contribution in [1.29, 1.82) is 0 Å². The molecule has 3 aromatic carbocycles. The maximum Gasteiger partial charge on any atom is 0.213 e. The SMILES string of the molecule is CN(C)c1ccc(/C=C/c2c3cc(N)ccc3c3ccccc3[n+]2C)cc1.[Cl-]. The fraction of sp³-hybridized carbons (Fsp3) is 0.125. The molecule has 0 aliphatic rings. The first-order valence-corrected chi connectivity index (χ1v) is 9.10. The monoisotopic (exact) mass is 389 g/mol. The van der Waals surface area contributed by atoms with Gasteiger partial charge in [0.25, 0.3) is 0 Å². The van der Waals surface area contributed by atoms with Gasteiger partial charge in [-0.3, -0.25) is 0 Å². The Balaban J connectivity index is 0.00000225. The zero-order valence-corrected chi connectivity index (χ0v) is 17.1. The van der Waals surface area contributed by atoms with Crippen LogP contribution in [0.2, 0.25) is 0 Å². The molecule has 4 aromatic rings. The Kier molecular flexibility index (Phi) is 5.57. The van der Waals surface area contributed by atoms with Crippen LogP contribution in [-0.4, -0.2) is 14.1 Å². The zero-order valence-electron chi connectivity index (χ0n) is 16.4. The minimum Gasteiger partial charge on any atom is -1.00 e. The highest BCUT2D eigenvalue weighted by Gasteiger charge is 2.16. The number of aromatic nitrogens is 1. The van der Waals surface area contributed by atoms with Crippen LogP contribution in [0.25, 0.3) is 33.8 Å². The molecule has 0 aliphatic carbocycles. The highest BCUT2D eigenvalue weighted by molar-refractivity contribution is 6.07. The van der Waals surface area contributed by atoms with Gasteiger partial charge >= 0.3 is 0 Å². The number of hydrogen-bond acceptors (Lipinski definition) is 2. The molecule has 0 aliphatic heterocycles. The first-order valence-electron chi connectivity index (χ1n) is 9.10. The van der Waals surface area contributed by atoms with Crippen LogP contribution in [0.3, 0.4) is 0 Å². The van der Waals surface area contributed by atoms with Crippen molar-refractivity contribution in [2.75, 3.05) is 24.7 Å². The highest BCUT2D eigenvalue weighted by atomic mass is 35.5. The molecule has 0 spiro atoms. The first kappa shape index (κ1) is 19.7. The van der Waals surface area contributed by atoms with Crippen LogP contribution in [0.15, 0.2) is 66.7 Å². The van der Waals surface area contributed by atoms with E-state index >= 15 is 0 Å². The lowest BCUT2D eigenvalue weighted by atomic mass is 10.0. The average Bonchev–Trinajstić information content (AvgIpc) is 2.68. The Morgan fingerprint density at radius 1 is 0.821 bits per heavy atom. The molecule has 3 nitrogen and oxygen atoms in total. The van der Waals surface area contributed by atoms with Crippen molar-refractivity contribution in [3.63, 3.8) is 0 Å². The van der Waals surface area contributed by atoms with Gasteiger partial charge in [-0.15, -0.1) is 0 Å². The van der Waals surface area contributed by atoms with Gasteiger partial charge in [-0.25, -0.2) is 0 Å². The van der Waals surface area contributed by atoms with Crippen LogP contribution in [0, 0.1) is 0 Å². The van der Waals surface area contributed by atoms with Gasteiger partial charge in [0.1, 0.15) is 7.05 Å². The molecule has 4 heteroatoms. The van der Waals surface area contributed by atoms with Gasteiger partial charge in [-0.1, -0.05) is 30.3 Å². The number of pyridine rings is 1. The topological polar surface area (TPSA) is 33.1 Å². The molecule has 0 bridgehead atoms. The number of rotatable bonds is 3. The van der Waals surface area contributed by atoms with E-state index in [0.29, 0.717) is 0 Å². The number of hydrogen-bond donors (Lipinski definition) is 1. The molecule has 28 heavy (non-hydrogen) atoms. The second-order valence-corrected chi connectivity index (χ2v) is 7.09. The van der Waals surface area contributed by atoms with Gasteiger partial charge in [-0.2, -0.15) is 4.57 Å². The Bertz CT molecular complexity index is 1160. The van der Waals surface area contributed by atoms with Crippen LogP contribution in [0.4, 0.5) is 11.4 Å². The highest BCUT2D eigenvalue weighted by Crippen LogP contribution is 2.28. The molecule has 0 amide bonds. The Hall–Kier alpha value is -3.04. The summed E-state index contributed by atoms with van der Waals surface area (Å²) < 4.78 is 2.24. The number of aryl methyl sites for hydroxylation is 1. The third-order valence-electron chi connectivity index (χ3n) is 5.08. The molecule has 1 heterocycles.